The van der Waals surface area contributed by atoms with Gasteiger partial charge < -0.3 is 23.7 Å². The topological polar surface area (TPSA) is 101 Å². The third-order valence-electron chi connectivity index (χ3n) is 4.46. The van der Waals surface area contributed by atoms with Gasteiger partial charge in [0.2, 0.25) is 0 Å². The van der Waals surface area contributed by atoms with Crippen LogP contribution in [-0.2, 0) is 25.6 Å². The van der Waals surface area contributed by atoms with Crippen LogP contribution in [0.1, 0.15) is 73.4 Å². The summed E-state index contributed by atoms with van der Waals surface area (Å²) >= 11 is 2.09. The maximum Gasteiger partial charge on any atom is 0.514 e. The van der Waals surface area contributed by atoms with Crippen LogP contribution in [0.4, 0.5) is 14.4 Å². The minimum atomic E-state index is -1.02. The quantitative estimate of drug-likeness (QED) is 0.131. The molecule has 0 atom stereocenters. The van der Waals surface area contributed by atoms with Gasteiger partial charge in [-0.25, -0.2) is 14.4 Å². The Morgan fingerprint density at radius 3 is 1.77 bits per heavy atom. The van der Waals surface area contributed by atoms with E-state index in [1.54, 1.807) is 80.5 Å². The van der Waals surface area contributed by atoms with Crippen LogP contribution in [0.5, 0.6) is 5.75 Å². The summed E-state index contributed by atoms with van der Waals surface area (Å²) in [4.78, 5) is 39.4. The molecule has 2 aromatic rings. The van der Waals surface area contributed by atoms with Crippen molar-refractivity contribution in [2.75, 3.05) is 0 Å². The molecule has 0 bridgehead atoms. The summed E-state index contributed by atoms with van der Waals surface area (Å²) < 4.78 is 28.3. The van der Waals surface area contributed by atoms with Crippen molar-refractivity contribution in [3.05, 3.63) is 69.4 Å². The van der Waals surface area contributed by atoms with Crippen LogP contribution in [0.2, 0.25) is 0 Å². The fraction of sp³-hybridized carbons (Fsp3) is 0.433. The zero-order chi connectivity index (χ0) is 30.3. The van der Waals surface area contributed by atoms with Crippen LogP contribution in [0.3, 0.4) is 0 Å². The number of carbonyl (C=O) groups excluding carboxylic acids is 3. The Bertz CT molecular complexity index is 1190. The summed E-state index contributed by atoms with van der Waals surface area (Å²) in [5.41, 5.74) is -1.29. The lowest BCUT2D eigenvalue weighted by atomic mass is 10.2. The molecule has 2 amide bonds. The number of benzene rings is 2. The van der Waals surface area contributed by atoms with Gasteiger partial charge in [-0.15, -0.1) is 0 Å². The molecule has 0 aliphatic heterocycles. The van der Waals surface area contributed by atoms with Crippen molar-refractivity contribution in [3.8, 4) is 5.75 Å². The minimum absolute atomic E-state index is 0.140. The largest absolute Gasteiger partial charge is 0.514 e. The molecule has 218 valence electrons. The van der Waals surface area contributed by atoms with E-state index in [9.17, 15) is 14.4 Å². The highest BCUT2D eigenvalue weighted by molar-refractivity contribution is 14.1. The number of hydrogen-bond donors (Lipinski definition) is 0. The minimum Gasteiger partial charge on any atom is -0.488 e. The average molecular weight is 668 g/mol. The first-order valence-electron chi connectivity index (χ1n) is 12.7. The highest BCUT2D eigenvalue weighted by Crippen LogP contribution is 2.29. The number of rotatable bonds is 6. The Morgan fingerprint density at radius 1 is 0.775 bits per heavy atom. The lowest BCUT2D eigenvalue weighted by molar-refractivity contribution is 0.00666. The van der Waals surface area contributed by atoms with Gasteiger partial charge >= 0.3 is 18.3 Å². The van der Waals surface area contributed by atoms with Crippen LogP contribution >= 0.6 is 22.6 Å². The van der Waals surface area contributed by atoms with Crippen molar-refractivity contribution < 1.29 is 38.1 Å². The number of carbonyl (C=O) groups is 3. The fourth-order valence-electron chi connectivity index (χ4n) is 2.95. The number of nitrogens with zero attached hydrogens (tertiary/aromatic N) is 1. The number of hydrogen-bond acceptors (Lipinski definition) is 8. The van der Waals surface area contributed by atoms with Crippen LogP contribution in [-0.4, -0.2) is 40.0 Å². The molecular weight excluding hydrogens is 629 g/mol. The molecule has 2 rings (SSSR count). The molecule has 10 heteroatoms. The Labute approximate surface area is 249 Å². The second-order valence-corrected chi connectivity index (χ2v) is 13.0. The van der Waals surface area contributed by atoms with Gasteiger partial charge in [-0.05, 0) is 109 Å². The van der Waals surface area contributed by atoms with Gasteiger partial charge in [0.15, 0.2) is 5.76 Å². The Morgan fingerprint density at radius 2 is 1.30 bits per heavy atom. The summed E-state index contributed by atoms with van der Waals surface area (Å²) in [5.74, 6) is 0.458. The van der Waals surface area contributed by atoms with Gasteiger partial charge in [0.05, 0.1) is 9.77 Å². The van der Waals surface area contributed by atoms with Crippen LogP contribution < -0.4 is 4.74 Å². The summed E-state index contributed by atoms with van der Waals surface area (Å²) in [6, 6.07) is 14.7. The van der Waals surface area contributed by atoms with Crippen molar-refractivity contribution in [2.24, 2.45) is 0 Å². The van der Waals surface area contributed by atoms with E-state index < -0.39 is 35.1 Å². The maximum atomic E-state index is 13.1. The highest BCUT2D eigenvalue weighted by Gasteiger charge is 2.32. The van der Waals surface area contributed by atoms with E-state index in [0.29, 0.717) is 26.4 Å². The van der Waals surface area contributed by atoms with Crippen molar-refractivity contribution in [1.29, 1.82) is 0 Å². The van der Waals surface area contributed by atoms with E-state index in [0.717, 1.165) is 11.8 Å². The normalized spacial score (nSPS) is 12.3. The number of ether oxygens (including phenoxy) is 5. The van der Waals surface area contributed by atoms with Crippen LogP contribution in [0, 0.1) is 3.57 Å². The summed E-state index contributed by atoms with van der Waals surface area (Å²) in [5, 5.41) is 0. The van der Waals surface area contributed by atoms with E-state index in [4.69, 9.17) is 23.7 Å². The lowest BCUT2D eigenvalue weighted by Gasteiger charge is -2.27. The highest BCUT2D eigenvalue weighted by atomic mass is 127. The summed E-state index contributed by atoms with van der Waals surface area (Å²) in [6.45, 7) is 15.4. The second kappa shape index (κ2) is 13.4. The molecule has 0 aromatic heterocycles. The number of amides is 2. The molecule has 0 heterocycles. The predicted octanol–water partition coefficient (Wildman–Crippen LogP) is 8.29. The molecule has 0 aliphatic rings. The molecule has 0 saturated heterocycles. The van der Waals surface area contributed by atoms with Crippen molar-refractivity contribution >= 4 is 46.7 Å². The molecule has 0 spiro atoms. The van der Waals surface area contributed by atoms with Crippen LogP contribution in [0.15, 0.2) is 54.7 Å². The standard InChI is InChI=1S/C30H38INO8/c1-28(2,3)38-25(33)32(26(34)39-29(4,5)6)18-24(37-27(35)40-30(7,8)9)21-15-16-23(22(31)17-21)36-19-20-13-11-10-12-14-20/h10-18H,19H2,1-9H3/b24-18-. The number of imide groups is 1. The molecule has 2 aromatic carbocycles. The van der Waals surface area contributed by atoms with E-state index in [1.165, 1.54) is 0 Å². The lowest BCUT2D eigenvalue weighted by Crippen LogP contribution is -2.40. The SMILES string of the molecule is CC(C)(C)OC(=O)O/C(=C\N(C(=O)OC(C)(C)C)C(=O)OC(C)(C)C)c1ccc(OCc2ccccc2)c(I)c1. The van der Waals surface area contributed by atoms with Gasteiger partial charge in [-0.1, -0.05) is 30.3 Å². The first-order chi connectivity index (χ1) is 18.3. The Balaban J connectivity index is 2.51. The summed E-state index contributed by atoms with van der Waals surface area (Å²) in [6.07, 6.45) is -1.98. The molecule has 0 fully saturated rings. The van der Waals surface area contributed by atoms with Crippen LogP contribution in [0.25, 0.3) is 5.76 Å². The first-order valence-corrected chi connectivity index (χ1v) is 13.8. The summed E-state index contributed by atoms with van der Waals surface area (Å²) in [7, 11) is 0. The zero-order valence-corrected chi connectivity index (χ0v) is 26.7. The average Bonchev–Trinajstić information content (AvgIpc) is 2.78. The van der Waals surface area contributed by atoms with Gasteiger partial charge in [0, 0.05) is 5.56 Å². The van der Waals surface area contributed by atoms with Crippen molar-refractivity contribution in [2.45, 2.75) is 85.7 Å². The molecule has 0 aliphatic carbocycles. The first kappa shape index (κ1) is 32.9. The molecule has 0 N–H and O–H groups in total. The van der Waals surface area contributed by atoms with Gasteiger partial charge in [-0.3, -0.25) is 0 Å². The van der Waals surface area contributed by atoms with E-state index >= 15 is 0 Å². The van der Waals surface area contributed by atoms with Gasteiger partial charge in [0.25, 0.3) is 0 Å². The van der Waals surface area contributed by atoms with Gasteiger partial charge in [-0.2, -0.15) is 4.90 Å². The third kappa shape index (κ3) is 11.8. The second-order valence-electron chi connectivity index (χ2n) is 11.8. The Kier molecular flexibility index (Phi) is 11.0. The molecule has 0 saturated carbocycles. The van der Waals surface area contributed by atoms with E-state index in [1.807, 2.05) is 30.3 Å². The van der Waals surface area contributed by atoms with Crippen molar-refractivity contribution in [3.63, 3.8) is 0 Å². The molecule has 0 radical (unpaired) electrons. The zero-order valence-electron chi connectivity index (χ0n) is 24.5. The van der Waals surface area contributed by atoms with E-state index in [2.05, 4.69) is 22.6 Å². The molecular formula is C30H38INO8. The molecule has 0 unspecified atom stereocenters. The maximum absolute atomic E-state index is 13.1. The third-order valence-corrected chi connectivity index (χ3v) is 5.31. The van der Waals surface area contributed by atoms with E-state index in [-0.39, 0.29) is 5.76 Å². The monoisotopic (exact) mass is 667 g/mol. The molecule has 9 nitrogen and oxygen atoms in total. The smallest absolute Gasteiger partial charge is 0.488 e. The fourth-order valence-corrected chi connectivity index (χ4v) is 3.62. The van der Waals surface area contributed by atoms with Gasteiger partial charge in [0.1, 0.15) is 29.2 Å². The van der Waals surface area contributed by atoms with Crippen molar-refractivity contribution in [1.82, 2.24) is 4.90 Å². The number of halogens is 1. The molecule has 40 heavy (non-hydrogen) atoms. The Hall–Kier alpha value is -3.28. The predicted molar refractivity (Wildman–Crippen MR) is 160 cm³/mol.